The third-order valence-corrected chi connectivity index (χ3v) is 3.46. The number of aromatic nitrogens is 1. The maximum Gasteiger partial charge on any atom is 0.0668 e. The molecule has 1 atom stereocenters. The summed E-state index contributed by atoms with van der Waals surface area (Å²) in [5.74, 6) is 0. The number of nitrogens with zero attached hydrogens (tertiary/aromatic N) is 2. The summed E-state index contributed by atoms with van der Waals surface area (Å²) in [6, 6.07) is 5.98. The van der Waals surface area contributed by atoms with E-state index in [-0.39, 0.29) is 11.6 Å². The molecule has 1 aliphatic heterocycles. The van der Waals surface area contributed by atoms with E-state index in [1.54, 1.807) is 0 Å². The minimum absolute atomic E-state index is 0.163. The molecule has 1 aliphatic rings. The monoisotopic (exact) mass is 220 g/mol. The average Bonchev–Trinajstić information content (AvgIpc) is 2.26. The molecule has 2 rings (SSSR count). The molecule has 0 bridgehead atoms. The number of aliphatic hydroxyl groups is 1. The van der Waals surface area contributed by atoms with Crippen LogP contribution in [0.3, 0.4) is 0 Å². The zero-order chi connectivity index (χ0) is 11.6. The lowest BCUT2D eigenvalue weighted by atomic mass is 9.89. The third-order valence-electron chi connectivity index (χ3n) is 3.46. The van der Waals surface area contributed by atoms with E-state index in [1.807, 2.05) is 24.4 Å². The second-order valence-corrected chi connectivity index (χ2v) is 5.21. The molecule has 1 fully saturated rings. The van der Waals surface area contributed by atoms with Crippen molar-refractivity contribution in [1.82, 2.24) is 9.88 Å². The van der Waals surface area contributed by atoms with Crippen molar-refractivity contribution >= 4 is 0 Å². The van der Waals surface area contributed by atoms with Crippen LogP contribution in [0.4, 0.5) is 0 Å². The van der Waals surface area contributed by atoms with Crippen molar-refractivity contribution in [1.29, 1.82) is 0 Å². The predicted octanol–water partition coefficient (Wildman–Crippen LogP) is 1.82. The lowest BCUT2D eigenvalue weighted by Gasteiger charge is -2.44. The van der Waals surface area contributed by atoms with E-state index in [4.69, 9.17) is 0 Å². The molecule has 0 spiro atoms. The Balaban J connectivity index is 2.07. The zero-order valence-electron chi connectivity index (χ0n) is 10.1. The van der Waals surface area contributed by atoms with Gasteiger partial charge in [0.05, 0.1) is 11.8 Å². The van der Waals surface area contributed by atoms with Gasteiger partial charge in [0.15, 0.2) is 0 Å². The van der Waals surface area contributed by atoms with Crippen molar-refractivity contribution in [3.63, 3.8) is 0 Å². The van der Waals surface area contributed by atoms with Crippen LogP contribution in [-0.2, 0) is 6.54 Å². The fraction of sp³-hybridized carbons (Fsp3) is 0.615. The molecule has 3 heteroatoms. The number of β-amino-alcohol motifs (C(OH)–C–C–N with tert-alkyl or cyclic N) is 1. The Morgan fingerprint density at radius 2 is 2.31 bits per heavy atom. The molecule has 88 valence electrons. The van der Waals surface area contributed by atoms with Gasteiger partial charge in [-0.15, -0.1) is 0 Å². The van der Waals surface area contributed by atoms with Gasteiger partial charge in [-0.2, -0.15) is 0 Å². The molecule has 0 saturated carbocycles. The van der Waals surface area contributed by atoms with E-state index in [1.165, 1.54) is 0 Å². The van der Waals surface area contributed by atoms with Gasteiger partial charge in [0, 0.05) is 24.8 Å². The quantitative estimate of drug-likeness (QED) is 0.826. The number of rotatable bonds is 2. The highest BCUT2D eigenvalue weighted by molar-refractivity contribution is 5.05. The van der Waals surface area contributed by atoms with Crippen molar-refractivity contribution in [3.8, 4) is 0 Å². The maximum atomic E-state index is 9.73. The molecule has 0 aromatic carbocycles. The van der Waals surface area contributed by atoms with Crippen LogP contribution in [0.2, 0.25) is 0 Å². The number of likely N-dealkylation sites (tertiary alicyclic amines) is 1. The smallest absolute Gasteiger partial charge is 0.0668 e. The highest BCUT2D eigenvalue weighted by Gasteiger charge is 2.33. The maximum absolute atomic E-state index is 9.73. The van der Waals surface area contributed by atoms with Gasteiger partial charge in [-0.3, -0.25) is 9.88 Å². The van der Waals surface area contributed by atoms with Crippen LogP contribution in [0.25, 0.3) is 0 Å². The fourth-order valence-corrected chi connectivity index (χ4v) is 2.24. The second-order valence-electron chi connectivity index (χ2n) is 5.21. The summed E-state index contributed by atoms with van der Waals surface area (Å²) in [7, 11) is 0. The first-order chi connectivity index (χ1) is 7.58. The molecule has 2 heterocycles. The second kappa shape index (κ2) is 4.52. The molecule has 1 saturated heterocycles. The number of hydrogen-bond donors (Lipinski definition) is 1. The Morgan fingerprint density at radius 1 is 1.50 bits per heavy atom. The van der Waals surface area contributed by atoms with Crippen LogP contribution in [0.1, 0.15) is 32.4 Å². The molecule has 0 radical (unpaired) electrons. The van der Waals surface area contributed by atoms with Gasteiger partial charge in [-0.1, -0.05) is 6.07 Å². The van der Waals surface area contributed by atoms with Gasteiger partial charge in [0.2, 0.25) is 0 Å². The van der Waals surface area contributed by atoms with Crippen molar-refractivity contribution in [3.05, 3.63) is 30.1 Å². The first-order valence-corrected chi connectivity index (χ1v) is 5.91. The molecule has 1 aromatic heterocycles. The van der Waals surface area contributed by atoms with E-state index >= 15 is 0 Å². The lowest BCUT2D eigenvalue weighted by Crippen LogP contribution is -2.51. The minimum atomic E-state index is -0.184. The van der Waals surface area contributed by atoms with Crippen LogP contribution in [-0.4, -0.2) is 33.2 Å². The Labute approximate surface area is 97.1 Å². The summed E-state index contributed by atoms with van der Waals surface area (Å²) in [4.78, 5) is 6.66. The van der Waals surface area contributed by atoms with Crippen molar-refractivity contribution in [2.45, 2.75) is 44.9 Å². The lowest BCUT2D eigenvalue weighted by molar-refractivity contribution is -0.0103. The van der Waals surface area contributed by atoms with Gasteiger partial charge in [0.25, 0.3) is 0 Å². The van der Waals surface area contributed by atoms with E-state index in [2.05, 4.69) is 23.7 Å². The number of hydrogen-bond acceptors (Lipinski definition) is 3. The van der Waals surface area contributed by atoms with Crippen LogP contribution >= 0.6 is 0 Å². The molecular formula is C13H20N2O. The van der Waals surface area contributed by atoms with Crippen molar-refractivity contribution < 1.29 is 5.11 Å². The molecule has 16 heavy (non-hydrogen) atoms. The van der Waals surface area contributed by atoms with Crippen molar-refractivity contribution in [2.75, 3.05) is 6.54 Å². The highest BCUT2D eigenvalue weighted by Crippen LogP contribution is 2.28. The summed E-state index contributed by atoms with van der Waals surface area (Å²) in [6.07, 6.45) is 3.59. The number of pyridine rings is 1. The van der Waals surface area contributed by atoms with Gasteiger partial charge >= 0.3 is 0 Å². The van der Waals surface area contributed by atoms with E-state index in [9.17, 15) is 5.11 Å². The Bertz CT molecular complexity index is 337. The van der Waals surface area contributed by atoms with Crippen LogP contribution in [0.5, 0.6) is 0 Å². The average molecular weight is 220 g/mol. The van der Waals surface area contributed by atoms with E-state index in [0.29, 0.717) is 0 Å². The van der Waals surface area contributed by atoms with Crippen LogP contribution < -0.4 is 0 Å². The summed E-state index contributed by atoms with van der Waals surface area (Å²) >= 11 is 0. The Kier molecular flexibility index (Phi) is 3.26. The largest absolute Gasteiger partial charge is 0.392 e. The molecular weight excluding hydrogens is 200 g/mol. The van der Waals surface area contributed by atoms with Gasteiger partial charge < -0.3 is 5.11 Å². The predicted molar refractivity (Wildman–Crippen MR) is 64.0 cm³/mol. The highest BCUT2D eigenvalue weighted by atomic mass is 16.3. The standard InChI is InChI=1S/C13H20N2O/c1-13(2)7-6-12(16)10-15(13)9-11-5-3-4-8-14-11/h3-5,8,12,16H,6-7,9-10H2,1-2H3. The molecule has 0 amide bonds. The zero-order valence-corrected chi connectivity index (χ0v) is 10.1. The Morgan fingerprint density at radius 3 is 3.00 bits per heavy atom. The van der Waals surface area contributed by atoms with Gasteiger partial charge in [-0.05, 0) is 38.8 Å². The normalized spacial score (nSPS) is 25.6. The first-order valence-electron chi connectivity index (χ1n) is 5.91. The van der Waals surface area contributed by atoms with E-state index in [0.717, 1.165) is 31.6 Å². The number of aliphatic hydroxyl groups excluding tert-OH is 1. The van der Waals surface area contributed by atoms with Gasteiger partial charge in [0.1, 0.15) is 0 Å². The fourth-order valence-electron chi connectivity index (χ4n) is 2.24. The topological polar surface area (TPSA) is 36.4 Å². The van der Waals surface area contributed by atoms with Gasteiger partial charge in [-0.25, -0.2) is 0 Å². The summed E-state index contributed by atoms with van der Waals surface area (Å²) < 4.78 is 0. The first kappa shape index (κ1) is 11.6. The molecule has 1 aromatic rings. The van der Waals surface area contributed by atoms with Crippen LogP contribution in [0.15, 0.2) is 24.4 Å². The summed E-state index contributed by atoms with van der Waals surface area (Å²) in [5, 5.41) is 9.73. The molecule has 3 nitrogen and oxygen atoms in total. The molecule has 0 aliphatic carbocycles. The van der Waals surface area contributed by atoms with Crippen LogP contribution in [0, 0.1) is 0 Å². The Hall–Kier alpha value is -0.930. The summed E-state index contributed by atoms with van der Waals surface area (Å²) in [6.45, 7) is 6.05. The third kappa shape index (κ3) is 2.60. The number of piperidine rings is 1. The minimum Gasteiger partial charge on any atom is -0.392 e. The SMILES string of the molecule is CC1(C)CCC(O)CN1Cc1ccccn1. The summed E-state index contributed by atoms with van der Waals surface area (Å²) in [5.41, 5.74) is 1.24. The molecule has 1 N–H and O–H groups in total. The van der Waals surface area contributed by atoms with Crippen molar-refractivity contribution in [2.24, 2.45) is 0 Å². The molecule has 1 unspecified atom stereocenters. The van der Waals surface area contributed by atoms with E-state index < -0.39 is 0 Å².